The van der Waals surface area contributed by atoms with E-state index in [1.807, 2.05) is 0 Å². The van der Waals surface area contributed by atoms with Crippen molar-refractivity contribution >= 4 is 11.7 Å². The molecule has 1 atom stereocenters. The number of nitrogens with two attached hydrogens (primary N) is 1. The van der Waals surface area contributed by atoms with Crippen molar-refractivity contribution < 1.29 is 9.90 Å². The highest BCUT2D eigenvalue weighted by atomic mass is 16.3. The van der Waals surface area contributed by atoms with Crippen LogP contribution in [0.4, 0.5) is 5.82 Å². The van der Waals surface area contributed by atoms with Gasteiger partial charge in [-0.15, -0.1) is 0 Å². The lowest BCUT2D eigenvalue weighted by Crippen LogP contribution is -2.37. The van der Waals surface area contributed by atoms with E-state index in [0.29, 0.717) is 6.42 Å². The summed E-state index contributed by atoms with van der Waals surface area (Å²) in [7, 11) is 0. The van der Waals surface area contributed by atoms with Crippen molar-refractivity contribution in [1.82, 2.24) is 10.2 Å². The molecule has 2 aromatic rings. The highest BCUT2D eigenvalue weighted by Gasteiger charge is 2.14. The summed E-state index contributed by atoms with van der Waals surface area (Å²) in [5, 5.41) is 17.5. The number of rotatable bonds is 4. The maximum Gasteiger partial charge on any atom is 0.264 e. The van der Waals surface area contributed by atoms with Crippen molar-refractivity contribution in [2.45, 2.75) is 12.5 Å². The first-order valence-corrected chi connectivity index (χ1v) is 5.94. The van der Waals surface area contributed by atoms with Crippen molar-refractivity contribution in [3.05, 3.63) is 52.3 Å². The molecule has 0 saturated heterocycles. The fourth-order valence-corrected chi connectivity index (χ4v) is 1.61. The van der Waals surface area contributed by atoms with Crippen molar-refractivity contribution in [2.24, 2.45) is 5.73 Å². The summed E-state index contributed by atoms with van der Waals surface area (Å²) < 4.78 is 0. The Morgan fingerprint density at radius 3 is 2.60 bits per heavy atom. The number of H-pyrrole nitrogens is 1. The SMILES string of the molecule is NC(Cc1ccc(O)cc1)C(=O)Nc1ccc(=O)[nH]n1. The Morgan fingerprint density at radius 2 is 2.00 bits per heavy atom. The van der Waals surface area contributed by atoms with Gasteiger partial charge in [0.1, 0.15) is 5.75 Å². The summed E-state index contributed by atoms with van der Waals surface area (Å²) in [6, 6.07) is 8.35. The molecule has 0 aliphatic carbocycles. The molecule has 1 aromatic carbocycles. The maximum atomic E-state index is 11.9. The minimum atomic E-state index is -0.756. The largest absolute Gasteiger partial charge is 0.508 e. The number of nitrogens with zero attached hydrogens (tertiary/aromatic N) is 1. The topological polar surface area (TPSA) is 121 Å². The number of aromatic nitrogens is 2. The number of phenolic OH excluding ortho intramolecular Hbond substituents is 1. The van der Waals surface area contributed by atoms with Crippen molar-refractivity contribution in [3.8, 4) is 5.75 Å². The Morgan fingerprint density at radius 1 is 1.30 bits per heavy atom. The Kier molecular flexibility index (Phi) is 4.11. The van der Waals surface area contributed by atoms with Crippen molar-refractivity contribution in [1.29, 1.82) is 0 Å². The lowest BCUT2D eigenvalue weighted by Gasteiger charge is -2.11. The molecule has 0 saturated carbocycles. The molecule has 0 aliphatic heterocycles. The van der Waals surface area contributed by atoms with E-state index in [9.17, 15) is 9.59 Å². The Bertz CT molecular complexity index is 631. The zero-order valence-electron chi connectivity index (χ0n) is 10.5. The number of benzene rings is 1. The smallest absolute Gasteiger partial charge is 0.264 e. The average Bonchev–Trinajstić information content (AvgIpc) is 2.44. The van der Waals surface area contributed by atoms with Crippen LogP contribution in [-0.2, 0) is 11.2 Å². The molecule has 1 unspecified atom stereocenters. The lowest BCUT2D eigenvalue weighted by atomic mass is 10.1. The minimum Gasteiger partial charge on any atom is -0.508 e. The molecular formula is C13H14N4O3. The summed E-state index contributed by atoms with van der Waals surface area (Å²) in [5.74, 6) is -0.0161. The second-order valence-electron chi connectivity index (χ2n) is 4.27. The molecule has 1 amide bonds. The van der Waals surface area contributed by atoms with Gasteiger partial charge >= 0.3 is 0 Å². The number of aromatic amines is 1. The monoisotopic (exact) mass is 274 g/mol. The van der Waals surface area contributed by atoms with E-state index >= 15 is 0 Å². The molecule has 0 bridgehead atoms. The van der Waals surface area contributed by atoms with Gasteiger partial charge in [0.15, 0.2) is 5.82 Å². The quantitative estimate of drug-likeness (QED) is 0.624. The second kappa shape index (κ2) is 5.98. The van der Waals surface area contributed by atoms with Gasteiger partial charge in [-0.25, -0.2) is 5.10 Å². The van der Waals surface area contributed by atoms with E-state index in [2.05, 4.69) is 15.5 Å². The summed E-state index contributed by atoms with van der Waals surface area (Å²) in [5.41, 5.74) is 6.27. The minimum absolute atomic E-state index is 0.157. The third kappa shape index (κ3) is 3.66. The average molecular weight is 274 g/mol. The molecule has 1 heterocycles. The van der Waals surface area contributed by atoms with Gasteiger partial charge in [-0.2, -0.15) is 5.10 Å². The van der Waals surface area contributed by atoms with Gasteiger partial charge in [0.2, 0.25) is 5.91 Å². The van der Waals surface area contributed by atoms with Gasteiger partial charge in [0.25, 0.3) is 5.56 Å². The zero-order valence-corrected chi connectivity index (χ0v) is 10.5. The van der Waals surface area contributed by atoms with Crippen LogP contribution in [0.25, 0.3) is 0 Å². The van der Waals surface area contributed by atoms with Gasteiger partial charge in [-0.05, 0) is 30.2 Å². The predicted molar refractivity (Wildman–Crippen MR) is 73.3 cm³/mol. The molecule has 2 rings (SSSR count). The van der Waals surface area contributed by atoms with Gasteiger partial charge in [0, 0.05) is 6.07 Å². The van der Waals surface area contributed by atoms with E-state index in [1.165, 1.54) is 24.3 Å². The fourth-order valence-electron chi connectivity index (χ4n) is 1.61. The number of nitrogens with one attached hydrogen (secondary N) is 2. The van der Waals surface area contributed by atoms with Crippen LogP contribution in [0.1, 0.15) is 5.56 Å². The molecule has 0 fully saturated rings. The molecule has 5 N–H and O–H groups in total. The fraction of sp³-hybridized carbons (Fsp3) is 0.154. The van der Waals surface area contributed by atoms with Crippen LogP contribution in [0.3, 0.4) is 0 Å². The molecule has 104 valence electrons. The zero-order chi connectivity index (χ0) is 14.5. The van der Waals surface area contributed by atoms with Gasteiger partial charge < -0.3 is 16.2 Å². The summed E-state index contributed by atoms with van der Waals surface area (Å²) in [6.45, 7) is 0. The number of carbonyl (C=O) groups excluding carboxylic acids is 1. The number of aromatic hydroxyl groups is 1. The van der Waals surface area contributed by atoms with E-state index in [4.69, 9.17) is 10.8 Å². The molecule has 7 heteroatoms. The molecule has 0 radical (unpaired) electrons. The van der Waals surface area contributed by atoms with Crippen LogP contribution in [0.15, 0.2) is 41.2 Å². The Balaban J connectivity index is 1.96. The first kappa shape index (κ1) is 13.8. The van der Waals surface area contributed by atoms with Gasteiger partial charge in [0.05, 0.1) is 6.04 Å². The molecule has 7 nitrogen and oxygen atoms in total. The summed E-state index contributed by atoms with van der Waals surface area (Å²) >= 11 is 0. The number of carbonyl (C=O) groups is 1. The normalized spacial score (nSPS) is 11.8. The molecule has 20 heavy (non-hydrogen) atoms. The van der Waals surface area contributed by atoms with Crippen LogP contribution < -0.4 is 16.6 Å². The first-order valence-electron chi connectivity index (χ1n) is 5.94. The lowest BCUT2D eigenvalue weighted by molar-refractivity contribution is -0.117. The van der Waals surface area contributed by atoms with E-state index < -0.39 is 11.9 Å². The number of amides is 1. The highest BCUT2D eigenvalue weighted by molar-refractivity contribution is 5.93. The van der Waals surface area contributed by atoms with Gasteiger partial charge in [-0.1, -0.05) is 12.1 Å². The van der Waals surface area contributed by atoms with Gasteiger partial charge in [-0.3, -0.25) is 9.59 Å². The summed E-state index contributed by atoms with van der Waals surface area (Å²) in [4.78, 5) is 22.7. The third-order valence-corrected chi connectivity index (χ3v) is 2.66. The van der Waals surface area contributed by atoms with E-state index in [-0.39, 0.29) is 17.1 Å². The standard InChI is InChI=1S/C13H14N4O3/c14-10(7-8-1-3-9(18)4-2-8)13(20)15-11-5-6-12(19)17-16-11/h1-6,10,18H,7,14H2,(H,17,19)(H,15,16,20). The molecule has 1 aromatic heterocycles. The van der Waals surface area contributed by atoms with E-state index in [1.54, 1.807) is 12.1 Å². The third-order valence-electron chi connectivity index (χ3n) is 2.66. The predicted octanol–water partition coefficient (Wildman–Crippen LogP) is -0.0160. The van der Waals surface area contributed by atoms with Crippen LogP contribution in [0.2, 0.25) is 0 Å². The molecule has 0 aliphatic rings. The number of phenols is 1. The van der Waals surface area contributed by atoms with Crippen molar-refractivity contribution in [2.75, 3.05) is 5.32 Å². The number of anilines is 1. The van der Waals surface area contributed by atoms with Crippen LogP contribution in [-0.4, -0.2) is 27.3 Å². The second-order valence-corrected chi connectivity index (χ2v) is 4.27. The number of hydrogen-bond acceptors (Lipinski definition) is 5. The highest BCUT2D eigenvalue weighted by Crippen LogP contribution is 2.11. The summed E-state index contributed by atoms with van der Waals surface area (Å²) in [6.07, 6.45) is 0.329. The molecular weight excluding hydrogens is 260 g/mol. The van der Waals surface area contributed by atoms with Crippen LogP contribution in [0.5, 0.6) is 5.75 Å². The Hall–Kier alpha value is -2.67. The number of hydrogen-bond donors (Lipinski definition) is 4. The van der Waals surface area contributed by atoms with Crippen LogP contribution in [0, 0.1) is 0 Å². The van der Waals surface area contributed by atoms with E-state index in [0.717, 1.165) is 5.56 Å². The van der Waals surface area contributed by atoms with Crippen LogP contribution >= 0.6 is 0 Å². The Labute approximate surface area is 114 Å². The first-order chi connectivity index (χ1) is 9.54. The molecule has 0 spiro atoms. The maximum absolute atomic E-state index is 11.9. The van der Waals surface area contributed by atoms with Crippen molar-refractivity contribution in [3.63, 3.8) is 0 Å².